The van der Waals surface area contributed by atoms with E-state index in [2.05, 4.69) is 20.9 Å². The third-order valence-corrected chi connectivity index (χ3v) is 4.75. The lowest BCUT2D eigenvalue weighted by atomic mass is 10.1. The van der Waals surface area contributed by atoms with E-state index in [-0.39, 0.29) is 11.1 Å². The van der Waals surface area contributed by atoms with Crippen LogP contribution in [0.5, 0.6) is 0 Å². The van der Waals surface area contributed by atoms with Gasteiger partial charge in [0.05, 0.1) is 16.5 Å². The molecular formula is C13H10BrN3OS. The van der Waals surface area contributed by atoms with Gasteiger partial charge in [-0.1, -0.05) is 0 Å². The summed E-state index contributed by atoms with van der Waals surface area (Å²) in [6, 6.07) is 3.75. The molecule has 0 saturated heterocycles. The molecule has 0 unspecified atom stereocenters. The van der Waals surface area contributed by atoms with Crippen LogP contribution in [0.2, 0.25) is 0 Å². The molecule has 0 saturated carbocycles. The highest BCUT2D eigenvalue weighted by atomic mass is 79.9. The molecule has 2 aromatic heterocycles. The zero-order chi connectivity index (χ0) is 13.4. The Kier molecular flexibility index (Phi) is 3.25. The number of aryl methyl sites for hydroxylation is 1. The fourth-order valence-corrected chi connectivity index (χ4v) is 3.76. The number of thiazole rings is 1. The number of halogens is 1. The molecule has 0 radical (unpaired) electrons. The Morgan fingerprint density at radius 3 is 3.05 bits per heavy atom. The number of rotatable bonds is 2. The van der Waals surface area contributed by atoms with E-state index in [4.69, 9.17) is 5.26 Å². The van der Waals surface area contributed by atoms with Crippen molar-refractivity contribution in [3.05, 3.63) is 48.2 Å². The highest BCUT2D eigenvalue weighted by Gasteiger charge is 2.19. The van der Waals surface area contributed by atoms with Gasteiger partial charge in [0.25, 0.3) is 5.56 Å². The topological polar surface area (TPSA) is 58.7 Å². The standard InChI is InChI=1S/C13H10BrN3OS/c14-11-6-16-12(19-11)7-17-10-3-1-2-8(10)4-9(5-15)13(17)18/h4,6H,1-3,7H2. The fraction of sp³-hybridized carbons (Fsp3) is 0.308. The number of nitriles is 1. The van der Waals surface area contributed by atoms with Crippen LogP contribution in [0.15, 0.2) is 20.8 Å². The van der Waals surface area contributed by atoms with E-state index in [1.807, 2.05) is 6.07 Å². The van der Waals surface area contributed by atoms with Crippen LogP contribution >= 0.6 is 27.3 Å². The Labute approximate surface area is 122 Å². The average Bonchev–Trinajstić information content (AvgIpc) is 3.01. The summed E-state index contributed by atoms with van der Waals surface area (Å²) in [7, 11) is 0. The Bertz CT molecular complexity index is 741. The summed E-state index contributed by atoms with van der Waals surface area (Å²) in [5.74, 6) is 0. The molecule has 0 bridgehead atoms. The van der Waals surface area contributed by atoms with Gasteiger partial charge in [-0.05, 0) is 46.8 Å². The van der Waals surface area contributed by atoms with Crippen LogP contribution in [0.1, 0.15) is 28.2 Å². The lowest BCUT2D eigenvalue weighted by Gasteiger charge is -2.11. The Hall–Kier alpha value is -1.45. The van der Waals surface area contributed by atoms with Crippen molar-refractivity contribution in [2.24, 2.45) is 0 Å². The molecule has 0 atom stereocenters. The van der Waals surface area contributed by atoms with Crippen molar-refractivity contribution in [3.63, 3.8) is 0 Å². The third kappa shape index (κ3) is 2.24. The third-order valence-electron chi connectivity index (χ3n) is 3.29. The van der Waals surface area contributed by atoms with Crippen molar-refractivity contribution in [3.8, 4) is 6.07 Å². The van der Waals surface area contributed by atoms with Crippen LogP contribution in [0.3, 0.4) is 0 Å². The van der Waals surface area contributed by atoms with Gasteiger partial charge in [0.2, 0.25) is 0 Å². The Balaban J connectivity index is 2.12. The Morgan fingerprint density at radius 1 is 1.53 bits per heavy atom. The summed E-state index contributed by atoms with van der Waals surface area (Å²) >= 11 is 4.88. The van der Waals surface area contributed by atoms with Gasteiger partial charge in [0.15, 0.2) is 0 Å². The van der Waals surface area contributed by atoms with Gasteiger partial charge >= 0.3 is 0 Å². The molecule has 19 heavy (non-hydrogen) atoms. The van der Waals surface area contributed by atoms with Crippen molar-refractivity contribution in [1.29, 1.82) is 5.26 Å². The lowest BCUT2D eigenvalue weighted by Crippen LogP contribution is -2.26. The summed E-state index contributed by atoms with van der Waals surface area (Å²) in [6.07, 6.45) is 4.64. The second kappa shape index (κ2) is 4.91. The summed E-state index contributed by atoms with van der Waals surface area (Å²) in [5.41, 5.74) is 2.23. The monoisotopic (exact) mass is 335 g/mol. The molecule has 0 aliphatic heterocycles. The van der Waals surface area contributed by atoms with Gasteiger partial charge in [0, 0.05) is 5.69 Å². The zero-order valence-corrected chi connectivity index (χ0v) is 12.4. The van der Waals surface area contributed by atoms with E-state index >= 15 is 0 Å². The SMILES string of the molecule is N#Cc1cc2c(n(Cc3ncc(Br)s3)c1=O)CCC2. The number of hydrogen-bond donors (Lipinski definition) is 0. The normalized spacial score (nSPS) is 13.3. The van der Waals surface area contributed by atoms with E-state index in [9.17, 15) is 4.79 Å². The molecule has 4 nitrogen and oxygen atoms in total. The smallest absolute Gasteiger partial charge is 0.269 e. The first-order chi connectivity index (χ1) is 9.19. The first kappa shape index (κ1) is 12.6. The highest BCUT2D eigenvalue weighted by Crippen LogP contribution is 2.24. The molecule has 1 aliphatic rings. The van der Waals surface area contributed by atoms with Gasteiger partial charge in [-0.3, -0.25) is 4.79 Å². The second-order valence-corrected chi connectivity index (χ2v) is 6.94. The minimum absolute atomic E-state index is 0.200. The van der Waals surface area contributed by atoms with Crippen LogP contribution < -0.4 is 5.56 Å². The van der Waals surface area contributed by atoms with Crippen LogP contribution in [0.25, 0.3) is 0 Å². The Morgan fingerprint density at radius 2 is 2.37 bits per heavy atom. The molecular weight excluding hydrogens is 326 g/mol. The molecule has 6 heteroatoms. The first-order valence-corrected chi connectivity index (χ1v) is 7.56. The highest BCUT2D eigenvalue weighted by molar-refractivity contribution is 9.11. The predicted octanol–water partition coefficient (Wildman–Crippen LogP) is 2.48. The molecule has 0 amide bonds. The maximum atomic E-state index is 12.3. The van der Waals surface area contributed by atoms with Crippen LogP contribution in [-0.4, -0.2) is 9.55 Å². The van der Waals surface area contributed by atoms with E-state index in [1.54, 1.807) is 16.8 Å². The van der Waals surface area contributed by atoms with Gasteiger partial charge in [-0.25, -0.2) is 4.98 Å². The molecule has 3 rings (SSSR count). The maximum Gasteiger partial charge on any atom is 0.269 e. The van der Waals surface area contributed by atoms with E-state index in [0.29, 0.717) is 6.54 Å². The number of hydrogen-bond acceptors (Lipinski definition) is 4. The van der Waals surface area contributed by atoms with Crippen molar-refractivity contribution < 1.29 is 0 Å². The lowest BCUT2D eigenvalue weighted by molar-refractivity contribution is 0.702. The quantitative estimate of drug-likeness (QED) is 0.847. The van der Waals surface area contributed by atoms with Crippen molar-refractivity contribution in [2.75, 3.05) is 0 Å². The van der Waals surface area contributed by atoms with Gasteiger partial charge in [-0.15, -0.1) is 11.3 Å². The molecule has 0 fully saturated rings. The molecule has 1 aliphatic carbocycles. The molecule has 2 heterocycles. The largest absolute Gasteiger partial charge is 0.304 e. The number of nitrogens with zero attached hydrogens (tertiary/aromatic N) is 3. The van der Waals surface area contributed by atoms with Gasteiger partial charge < -0.3 is 4.57 Å². The summed E-state index contributed by atoms with van der Waals surface area (Å²) in [4.78, 5) is 16.5. The maximum absolute atomic E-state index is 12.3. The second-order valence-electron chi connectivity index (χ2n) is 4.44. The van der Waals surface area contributed by atoms with Crippen molar-refractivity contribution in [1.82, 2.24) is 9.55 Å². The predicted molar refractivity (Wildman–Crippen MR) is 76.4 cm³/mol. The van der Waals surface area contributed by atoms with Crippen molar-refractivity contribution in [2.45, 2.75) is 25.8 Å². The minimum Gasteiger partial charge on any atom is -0.304 e. The molecule has 0 aromatic carbocycles. The van der Waals surface area contributed by atoms with E-state index < -0.39 is 0 Å². The number of fused-ring (bicyclic) bond motifs is 1. The van der Waals surface area contributed by atoms with Crippen molar-refractivity contribution >= 4 is 27.3 Å². The summed E-state index contributed by atoms with van der Waals surface area (Å²) < 4.78 is 2.66. The fourth-order valence-electron chi connectivity index (χ4n) is 2.46. The molecule has 2 aromatic rings. The van der Waals surface area contributed by atoms with E-state index in [1.165, 1.54) is 11.3 Å². The van der Waals surface area contributed by atoms with Gasteiger partial charge in [-0.2, -0.15) is 5.26 Å². The zero-order valence-electron chi connectivity index (χ0n) is 10.0. The van der Waals surface area contributed by atoms with Crippen LogP contribution in [0.4, 0.5) is 0 Å². The molecule has 96 valence electrons. The number of aromatic nitrogens is 2. The summed E-state index contributed by atoms with van der Waals surface area (Å²) in [5, 5.41) is 9.93. The minimum atomic E-state index is -0.200. The first-order valence-electron chi connectivity index (χ1n) is 5.95. The van der Waals surface area contributed by atoms with Crippen LogP contribution in [-0.2, 0) is 19.4 Å². The van der Waals surface area contributed by atoms with Gasteiger partial charge in [0.1, 0.15) is 16.6 Å². The molecule has 0 spiro atoms. The average molecular weight is 336 g/mol. The molecule has 0 N–H and O–H groups in total. The van der Waals surface area contributed by atoms with Crippen LogP contribution in [0, 0.1) is 11.3 Å². The van der Waals surface area contributed by atoms with E-state index in [0.717, 1.165) is 39.3 Å². The number of pyridine rings is 1. The summed E-state index contributed by atoms with van der Waals surface area (Å²) in [6.45, 7) is 0.451.